The Labute approximate surface area is 169 Å². The molecule has 0 saturated carbocycles. The Morgan fingerprint density at radius 3 is 2.17 bits per heavy atom. The second-order valence-corrected chi connectivity index (χ2v) is 6.77. The van der Waals surface area contributed by atoms with Gasteiger partial charge in [-0.1, -0.05) is 19.1 Å². The number of hydrogen-bond acceptors (Lipinski definition) is 7. The normalized spacial score (nSPS) is 14.0. The lowest BCUT2D eigenvalue weighted by molar-refractivity contribution is 0.102. The molecule has 1 N–H and O–H groups in total. The lowest BCUT2D eigenvalue weighted by Crippen LogP contribution is -2.47. The van der Waals surface area contributed by atoms with Crippen molar-refractivity contribution in [1.82, 2.24) is 19.9 Å². The molecule has 1 aliphatic heterocycles. The average molecular weight is 389 g/mol. The Morgan fingerprint density at radius 1 is 0.897 bits per heavy atom. The first-order chi connectivity index (χ1) is 14.2. The largest absolute Gasteiger partial charge is 0.337 e. The maximum atomic E-state index is 12.6. The first-order valence-corrected chi connectivity index (χ1v) is 9.73. The minimum absolute atomic E-state index is 0.241. The molecule has 1 fully saturated rings. The number of benzene rings is 1. The molecule has 4 rings (SSSR count). The fourth-order valence-electron chi connectivity index (χ4n) is 3.21. The molecule has 3 heterocycles. The van der Waals surface area contributed by atoms with Crippen molar-refractivity contribution in [3.8, 4) is 0 Å². The molecule has 1 amide bonds. The van der Waals surface area contributed by atoms with Crippen molar-refractivity contribution < 1.29 is 4.79 Å². The van der Waals surface area contributed by atoms with Gasteiger partial charge in [0.05, 0.1) is 0 Å². The molecule has 1 saturated heterocycles. The molecule has 0 spiro atoms. The summed E-state index contributed by atoms with van der Waals surface area (Å²) >= 11 is 0. The maximum absolute atomic E-state index is 12.6. The summed E-state index contributed by atoms with van der Waals surface area (Å²) in [5.41, 5.74) is 2.33. The number of aromatic nitrogens is 4. The van der Waals surface area contributed by atoms with Crippen molar-refractivity contribution >= 4 is 23.5 Å². The van der Waals surface area contributed by atoms with E-state index < -0.39 is 0 Å². The first-order valence-electron chi connectivity index (χ1n) is 9.73. The van der Waals surface area contributed by atoms with Gasteiger partial charge in [0.2, 0.25) is 11.9 Å². The zero-order valence-corrected chi connectivity index (χ0v) is 16.3. The third kappa shape index (κ3) is 4.48. The van der Waals surface area contributed by atoms with Crippen LogP contribution >= 0.6 is 0 Å². The first kappa shape index (κ1) is 18.8. The van der Waals surface area contributed by atoms with E-state index in [2.05, 4.69) is 42.0 Å². The highest BCUT2D eigenvalue weighted by Crippen LogP contribution is 2.16. The van der Waals surface area contributed by atoms with Crippen molar-refractivity contribution in [2.24, 2.45) is 0 Å². The zero-order valence-electron chi connectivity index (χ0n) is 16.3. The molecule has 0 unspecified atom stereocenters. The van der Waals surface area contributed by atoms with Crippen LogP contribution in [0.3, 0.4) is 0 Å². The van der Waals surface area contributed by atoms with Gasteiger partial charge in [0.1, 0.15) is 5.69 Å². The van der Waals surface area contributed by atoms with E-state index in [1.54, 1.807) is 24.7 Å². The van der Waals surface area contributed by atoms with Crippen LogP contribution in [-0.2, 0) is 6.42 Å². The van der Waals surface area contributed by atoms with Crippen molar-refractivity contribution in [1.29, 1.82) is 0 Å². The highest BCUT2D eigenvalue weighted by Gasteiger charge is 2.21. The highest BCUT2D eigenvalue weighted by molar-refractivity contribution is 6.02. The standard InChI is InChI=1S/C21H23N7O/c1-2-16-4-6-17(7-5-16)25-19(29)18-8-11-24-21(26-18)28-14-12-27(13-15-28)20-22-9-3-10-23-20/h3-11H,2,12-15H2,1H3,(H,25,29). The van der Waals surface area contributed by atoms with E-state index >= 15 is 0 Å². The number of anilines is 3. The van der Waals surface area contributed by atoms with E-state index in [1.165, 1.54) is 5.56 Å². The molecule has 3 aromatic rings. The molecular formula is C21H23N7O. The summed E-state index contributed by atoms with van der Waals surface area (Å²) in [5, 5.41) is 2.90. The van der Waals surface area contributed by atoms with Crippen molar-refractivity contribution in [3.63, 3.8) is 0 Å². The Balaban J connectivity index is 1.40. The smallest absolute Gasteiger partial charge is 0.274 e. The second kappa shape index (κ2) is 8.64. The Hall–Kier alpha value is -3.55. The summed E-state index contributed by atoms with van der Waals surface area (Å²) in [5.74, 6) is 1.05. The van der Waals surface area contributed by atoms with Crippen molar-refractivity contribution in [2.45, 2.75) is 13.3 Å². The third-order valence-electron chi connectivity index (χ3n) is 4.89. The molecule has 29 heavy (non-hydrogen) atoms. The topological polar surface area (TPSA) is 87.1 Å². The van der Waals surface area contributed by atoms with Gasteiger partial charge in [0.25, 0.3) is 5.91 Å². The molecule has 0 bridgehead atoms. The van der Waals surface area contributed by atoms with Crippen LogP contribution in [0.4, 0.5) is 17.6 Å². The summed E-state index contributed by atoms with van der Waals surface area (Å²) in [7, 11) is 0. The zero-order chi connectivity index (χ0) is 20.1. The Bertz CT molecular complexity index is 954. The number of nitrogens with zero attached hydrogens (tertiary/aromatic N) is 6. The SMILES string of the molecule is CCc1ccc(NC(=O)c2ccnc(N3CCN(c4ncccn4)CC3)n2)cc1. The molecule has 8 nitrogen and oxygen atoms in total. The summed E-state index contributed by atoms with van der Waals surface area (Å²) < 4.78 is 0. The number of amides is 1. The second-order valence-electron chi connectivity index (χ2n) is 6.77. The van der Waals surface area contributed by atoms with Crippen LogP contribution in [0.25, 0.3) is 0 Å². The quantitative estimate of drug-likeness (QED) is 0.717. The molecular weight excluding hydrogens is 366 g/mol. The Kier molecular flexibility index (Phi) is 5.60. The summed E-state index contributed by atoms with van der Waals surface area (Å²) in [6.45, 7) is 5.12. The van der Waals surface area contributed by atoms with Crippen LogP contribution in [0.5, 0.6) is 0 Å². The van der Waals surface area contributed by atoms with Gasteiger partial charge in [-0.25, -0.2) is 19.9 Å². The van der Waals surface area contributed by atoms with E-state index in [-0.39, 0.29) is 5.91 Å². The Morgan fingerprint density at radius 2 is 1.52 bits per heavy atom. The van der Waals surface area contributed by atoms with Crippen molar-refractivity contribution in [3.05, 3.63) is 66.2 Å². The van der Waals surface area contributed by atoms with Crippen LogP contribution in [-0.4, -0.2) is 52.0 Å². The van der Waals surface area contributed by atoms with E-state index in [0.717, 1.165) is 44.2 Å². The van der Waals surface area contributed by atoms with E-state index in [9.17, 15) is 4.79 Å². The van der Waals surface area contributed by atoms with Gasteiger partial charge in [0.15, 0.2) is 0 Å². The molecule has 2 aromatic heterocycles. The van der Waals surface area contributed by atoms with Gasteiger partial charge in [-0.3, -0.25) is 4.79 Å². The van der Waals surface area contributed by atoms with Gasteiger partial charge in [-0.15, -0.1) is 0 Å². The van der Waals surface area contributed by atoms with E-state index in [0.29, 0.717) is 11.6 Å². The van der Waals surface area contributed by atoms with Crippen LogP contribution < -0.4 is 15.1 Å². The highest BCUT2D eigenvalue weighted by atomic mass is 16.1. The van der Waals surface area contributed by atoms with E-state index in [1.807, 2.05) is 30.3 Å². The lowest BCUT2D eigenvalue weighted by Gasteiger charge is -2.34. The molecule has 0 radical (unpaired) electrons. The molecule has 148 valence electrons. The third-order valence-corrected chi connectivity index (χ3v) is 4.89. The van der Waals surface area contributed by atoms with Crippen molar-refractivity contribution in [2.75, 3.05) is 41.3 Å². The number of piperazine rings is 1. The molecule has 0 aliphatic carbocycles. The van der Waals surface area contributed by atoms with Crippen LogP contribution in [0, 0.1) is 0 Å². The fraction of sp³-hybridized carbons (Fsp3) is 0.286. The molecule has 1 aromatic carbocycles. The maximum Gasteiger partial charge on any atom is 0.274 e. The lowest BCUT2D eigenvalue weighted by atomic mass is 10.1. The number of rotatable bonds is 5. The fourth-order valence-corrected chi connectivity index (χ4v) is 3.21. The monoisotopic (exact) mass is 389 g/mol. The number of nitrogens with one attached hydrogen (secondary N) is 1. The van der Waals surface area contributed by atoms with Gasteiger partial charge < -0.3 is 15.1 Å². The molecule has 0 atom stereocenters. The van der Waals surface area contributed by atoms with E-state index in [4.69, 9.17) is 0 Å². The van der Waals surface area contributed by atoms with Crippen LogP contribution in [0.1, 0.15) is 23.0 Å². The predicted octanol–water partition coefficient (Wildman–Crippen LogP) is 2.41. The minimum atomic E-state index is -0.241. The molecule has 1 aliphatic rings. The van der Waals surface area contributed by atoms with Crippen LogP contribution in [0.2, 0.25) is 0 Å². The number of carbonyl (C=O) groups is 1. The van der Waals surface area contributed by atoms with Gasteiger partial charge >= 0.3 is 0 Å². The number of carbonyl (C=O) groups excluding carboxylic acids is 1. The predicted molar refractivity (Wildman–Crippen MR) is 112 cm³/mol. The molecule has 8 heteroatoms. The summed E-state index contributed by atoms with van der Waals surface area (Å²) in [6, 6.07) is 11.3. The minimum Gasteiger partial charge on any atom is -0.337 e. The van der Waals surface area contributed by atoms with Crippen LogP contribution in [0.15, 0.2) is 55.0 Å². The van der Waals surface area contributed by atoms with Gasteiger partial charge in [-0.2, -0.15) is 0 Å². The average Bonchev–Trinajstić information content (AvgIpc) is 2.80. The number of hydrogen-bond donors (Lipinski definition) is 1. The van der Waals surface area contributed by atoms with Gasteiger partial charge in [-0.05, 0) is 36.2 Å². The summed E-state index contributed by atoms with van der Waals surface area (Å²) in [4.78, 5) is 34.2. The van der Waals surface area contributed by atoms with Gasteiger partial charge in [0, 0.05) is 50.5 Å². The summed E-state index contributed by atoms with van der Waals surface area (Å²) in [6.07, 6.45) is 6.09. The number of aryl methyl sites for hydroxylation is 1.